The largest absolute Gasteiger partial charge is 0.473 e. The van der Waals surface area contributed by atoms with Crippen molar-refractivity contribution in [3.8, 4) is 0 Å². The molecule has 2 aliphatic heterocycles. The van der Waals surface area contributed by atoms with Gasteiger partial charge in [0.2, 0.25) is 6.29 Å². The van der Waals surface area contributed by atoms with Gasteiger partial charge in [-0.3, -0.25) is 4.79 Å². The number of aliphatic carboxylic acids is 1. The maximum absolute atomic E-state index is 12.0. The highest BCUT2D eigenvalue weighted by Crippen LogP contribution is 2.30. The van der Waals surface area contributed by atoms with Crippen LogP contribution in [-0.2, 0) is 57.2 Å². The summed E-state index contributed by atoms with van der Waals surface area (Å²) >= 11 is 0. The van der Waals surface area contributed by atoms with E-state index in [1.54, 1.807) is 0 Å². The molecule has 0 radical (unpaired) electrons. The number of carboxylic acids is 1. The lowest BCUT2D eigenvalue weighted by atomic mass is 10.1. The number of ether oxygens (including phenoxy) is 6. The van der Waals surface area contributed by atoms with Gasteiger partial charge in [0.25, 0.3) is 0 Å². The van der Waals surface area contributed by atoms with Crippen molar-refractivity contribution in [3.05, 3.63) is 0 Å². The molecule has 2 fully saturated rings. The molecule has 0 saturated carbocycles. The SMILES string of the molecule is O=CC(=O)O[C@H]1COC2C1OC[C@@H]2OC(=O)C(=O)OCCCCCCCCCCCCOC(=O)C(=O)O. The Balaban J connectivity index is 1.42. The number of unbranched alkanes of at least 4 members (excludes halogenated alkanes) is 9. The molecular weight excluding hydrogens is 496 g/mol. The van der Waals surface area contributed by atoms with E-state index in [4.69, 9.17) is 28.8 Å². The summed E-state index contributed by atoms with van der Waals surface area (Å²) in [6, 6.07) is 0. The summed E-state index contributed by atoms with van der Waals surface area (Å²) in [4.78, 5) is 66.5. The molecule has 1 N–H and O–H groups in total. The number of esters is 4. The Morgan fingerprint density at radius 1 is 0.649 bits per heavy atom. The predicted molar refractivity (Wildman–Crippen MR) is 121 cm³/mol. The van der Waals surface area contributed by atoms with Crippen molar-refractivity contribution in [1.82, 2.24) is 0 Å². The summed E-state index contributed by atoms with van der Waals surface area (Å²) < 4.78 is 30.4. The third-order valence-electron chi connectivity index (χ3n) is 5.93. The second-order valence-electron chi connectivity index (χ2n) is 8.75. The van der Waals surface area contributed by atoms with Crippen LogP contribution in [0.15, 0.2) is 0 Å². The molecule has 2 unspecified atom stereocenters. The van der Waals surface area contributed by atoms with Crippen LogP contribution in [0.3, 0.4) is 0 Å². The van der Waals surface area contributed by atoms with Crippen molar-refractivity contribution in [1.29, 1.82) is 0 Å². The summed E-state index contributed by atoms with van der Waals surface area (Å²) in [6.45, 7) is 0.183. The first-order valence-electron chi connectivity index (χ1n) is 12.5. The van der Waals surface area contributed by atoms with E-state index in [2.05, 4.69) is 4.74 Å². The molecular formula is C24H34O13. The Kier molecular flexibility index (Phi) is 13.6. The Morgan fingerprint density at radius 3 is 1.54 bits per heavy atom. The Morgan fingerprint density at radius 2 is 1.08 bits per heavy atom. The summed E-state index contributed by atoms with van der Waals surface area (Å²) in [5.74, 6) is -6.08. The Hall–Kier alpha value is -3.06. The van der Waals surface area contributed by atoms with Gasteiger partial charge in [0.15, 0.2) is 12.2 Å². The number of fused-ring (bicyclic) bond motifs is 1. The van der Waals surface area contributed by atoms with E-state index in [1.807, 2.05) is 0 Å². The normalized spacial score (nSPS) is 22.1. The summed E-state index contributed by atoms with van der Waals surface area (Å²) in [7, 11) is 0. The van der Waals surface area contributed by atoms with Gasteiger partial charge >= 0.3 is 29.8 Å². The molecule has 0 bridgehead atoms. The monoisotopic (exact) mass is 530 g/mol. The van der Waals surface area contributed by atoms with Crippen LogP contribution < -0.4 is 0 Å². The predicted octanol–water partition coefficient (Wildman–Crippen LogP) is 0.879. The third-order valence-corrected chi connectivity index (χ3v) is 5.93. The van der Waals surface area contributed by atoms with Crippen LogP contribution in [-0.4, -0.2) is 92.1 Å². The van der Waals surface area contributed by atoms with Crippen molar-refractivity contribution >= 4 is 36.1 Å². The second-order valence-corrected chi connectivity index (χ2v) is 8.75. The fraction of sp³-hybridized carbons (Fsp3) is 0.750. The molecule has 0 amide bonds. The molecule has 4 atom stereocenters. The zero-order valence-electron chi connectivity index (χ0n) is 20.6. The molecule has 208 valence electrons. The molecule has 0 aromatic rings. The van der Waals surface area contributed by atoms with Crippen LogP contribution >= 0.6 is 0 Å². The molecule has 0 aromatic carbocycles. The van der Waals surface area contributed by atoms with E-state index in [9.17, 15) is 28.8 Å². The third kappa shape index (κ3) is 10.8. The lowest BCUT2D eigenvalue weighted by Gasteiger charge is -2.16. The van der Waals surface area contributed by atoms with E-state index >= 15 is 0 Å². The minimum Gasteiger partial charge on any atom is -0.473 e. The van der Waals surface area contributed by atoms with E-state index < -0.39 is 54.3 Å². The van der Waals surface area contributed by atoms with E-state index in [-0.39, 0.29) is 32.7 Å². The van der Waals surface area contributed by atoms with Crippen molar-refractivity contribution in [3.63, 3.8) is 0 Å². The molecule has 2 aliphatic rings. The van der Waals surface area contributed by atoms with Crippen LogP contribution in [0.2, 0.25) is 0 Å². The standard InChI is InChI=1S/C24H34O13/c25-13-18(26)36-16-14-34-20-17(15-35-19(16)20)37-24(31)23(30)33-12-10-8-6-4-2-1-3-5-7-9-11-32-22(29)21(27)28/h13,16-17,19-20H,1-12,14-15H2,(H,27,28)/t16-,17-,19?,20?/m0/s1. The van der Waals surface area contributed by atoms with Crippen molar-refractivity contribution in [2.45, 2.75) is 88.6 Å². The molecule has 0 spiro atoms. The van der Waals surface area contributed by atoms with Gasteiger partial charge in [-0.1, -0.05) is 51.4 Å². The first-order chi connectivity index (χ1) is 17.8. The molecule has 0 aliphatic carbocycles. The molecule has 13 heteroatoms. The number of carbonyl (C=O) groups is 6. The number of aldehydes is 1. The highest BCUT2D eigenvalue weighted by molar-refractivity contribution is 6.29. The lowest BCUT2D eigenvalue weighted by Crippen LogP contribution is -2.37. The van der Waals surface area contributed by atoms with Crippen LogP contribution in [0.25, 0.3) is 0 Å². The zero-order chi connectivity index (χ0) is 27.0. The highest BCUT2D eigenvalue weighted by atomic mass is 16.7. The van der Waals surface area contributed by atoms with Crippen LogP contribution in [0, 0.1) is 0 Å². The van der Waals surface area contributed by atoms with E-state index in [1.165, 1.54) is 0 Å². The summed E-state index contributed by atoms with van der Waals surface area (Å²) in [5, 5.41) is 8.38. The number of carbonyl (C=O) groups excluding carboxylic acids is 5. The lowest BCUT2D eigenvalue weighted by molar-refractivity contribution is -0.173. The van der Waals surface area contributed by atoms with Gasteiger partial charge in [-0.15, -0.1) is 0 Å². The van der Waals surface area contributed by atoms with Crippen LogP contribution in [0.1, 0.15) is 64.2 Å². The molecule has 2 rings (SSSR count). The molecule has 2 saturated heterocycles. The van der Waals surface area contributed by atoms with Crippen molar-refractivity contribution < 1.29 is 62.3 Å². The summed E-state index contributed by atoms with van der Waals surface area (Å²) in [5.41, 5.74) is 0. The maximum atomic E-state index is 12.0. The number of rotatable bonds is 16. The summed E-state index contributed by atoms with van der Waals surface area (Å²) in [6.07, 6.45) is 6.22. The topological polar surface area (TPSA) is 178 Å². The minimum atomic E-state index is -1.58. The number of carboxylic acid groups (broad SMARTS) is 1. The van der Waals surface area contributed by atoms with Gasteiger partial charge in [0.05, 0.1) is 26.4 Å². The number of hydrogen-bond donors (Lipinski definition) is 1. The van der Waals surface area contributed by atoms with Gasteiger partial charge in [0, 0.05) is 0 Å². The van der Waals surface area contributed by atoms with Crippen molar-refractivity contribution in [2.75, 3.05) is 26.4 Å². The maximum Gasteiger partial charge on any atom is 0.417 e. The highest BCUT2D eigenvalue weighted by Gasteiger charge is 2.51. The molecule has 0 aromatic heterocycles. The number of hydrogen-bond acceptors (Lipinski definition) is 12. The average Bonchev–Trinajstić information content (AvgIpc) is 3.46. The molecule has 37 heavy (non-hydrogen) atoms. The minimum absolute atomic E-state index is 0.0117. The molecule has 2 heterocycles. The van der Waals surface area contributed by atoms with Gasteiger partial charge in [-0.05, 0) is 12.8 Å². The quantitative estimate of drug-likeness (QED) is 0.0978. The van der Waals surface area contributed by atoms with E-state index in [0.29, 0.717) is 12.8 Å². The fourth-order valence-electron chi connectivity index (χ4n) is 4.06. The Bertz CT molecular complexity index is 796. The second kappa shape index (κ2) is 16.6. The first kappa shape index (κ1) is 30.2. The first-order valence-corrected chi connectivity index (χ1v) is 12.5. The van der Waals surface area contributed by atoms with E-state index in [0.717, 1.165) is 51.4 Å². The molecule has 13 nitrogen and oxygen atoms in total. The van der Waals surface area contributed by atoms with Crippen LogP contribution in [0.5, 0.6) is 0 Å². The fourth-order valence-corrected chi connectivity index (χ4v) is 4.06. The van der Waals surface area contributed by atoms with Gasteiger partial charge in [0.1, 0.15) is 12.2 Å². The van der Waals surface area contributed by atoms with Gasteiger partial charge < -0.3 is 33.5 Å². The smallest absolute Gasteiger partial charge is 0.417 e. The Labute approximate surface area is 214 Å². The van der Waals surface area contributed by atoms with Crippen molar-refractivity contribution in [2.24, 2.45) is 0 Å². The van der Waals surface area contributed by atoms with Gasteiger partial charge in [-0.2, -0.15) is 0 Å². The zero-order valence-corrected chi connectivity index (χ0v) is 20.6. The van der Waals surface area contributed by atoms with Gasteiger partial charge in [-0.25, -0.2) is 24.0 Å². The van der Waals surface area contributed by atoms with Crippen LogP contribution in [0.4, 0.5) is 0 Å². The average molecular weight is 531 g/mol.